The van der Waals surface area contributed by atoms with Crippen molar-refractivity contribution in [3.63, 3.8) is 0 Å². The summed E-state index contributed by atoms with van der Waals surface area (Å²) < 4.78 is 0. The number of piperidine rings is 1. The predicted molar refractivity (Wildman–Crippen MR) is 77.2 cm³/mol. The van der Waals surface area contributed by atoms with Crippen LogP contribution in [0.2, 0.25) is 0 Å². The average molecular weight is 297 g/mol. The molecule has 1 aliphatic rings. The third-order valence-corrected chi connectivity index (χ3v) is 4.73. The molecule has 0 saturated carbocycles. The first-order valence-corrected chi connectivity index (χ1v) is 7.37. The number of amides is 2. The number of carboxylic acid groups (broad SMARTS) is 1. The van der Waals surface area contributed by atoms with E-state index in [1.54, 1.807) is 11.8 Å². The molecular weight excluding hydrogens is 278 g/mol. The number of aromatic nitrogens is 1. The second kappa shape index (κ2) is 5.40. The fourth-order valence-corrected chi connectivity index (χ4v) is 3.09. The van der Waals surface area contributed by atoms with Crippen molar-refractivity contribution < 1.29 is 14.7 Å². The zero-order valence-corrected chi connectivity index (χ0v) is 12.7. The molecule has 1 aromatic heterocycles. The van der Waals surface area contributed by atoms with Crippen LogP contribution in [0.4, 0.5) is 9.93 Å². The number of nitrogens with zero attached hydrogens (tertiary/aromatic N) is 2. The van der Waals surface area contributed by atoms with E-state index in [-0.39, 0.29) is 12.6 Å². The van der Waals surface area contributed by atoms with Crippen LogP contribution in [0.5, 0.6) is 0 Å². The van der Waals surface area contributed by atoms with Crippen LogP contribution in [0.25, 0.3) is 0 Å². The molecule has 1 saturated heterocycles. The lowest BCUT2D eigenvalue weighted by Gasteiger charge is -2.37. The Kier molecular flexibility index (Phi) is 3.99. The van der Waals surface area contributed by atoms with Gasteiger partial charge in [0.1, 0.15) is 0 Å². The molecule has 2 heterocycles. The molecule has 1 aromatic rings. The number of nitrogens with one attached hydrogen (secondary N) is 1. The maximum absolute atomic E-state index is 12.2. The normalized spacial score (nSPS) is 22.6. The molecule has 1 unspecified atom stereocenters. The van der Waals surface area contributed by atoms with Crippen LogP contribution >= 0.6 is 11.3 Å². The molecule has 110 valence electrons. The highest BCUT2D eigenvalue weighted by molar-refractivity contribution is 7.15. The zero-order chi connectivity index (χ0) is 14.9. The van der Waals surface area contributed by atoms with Crippen LogP contribution in [0.1, 0.15) is 30.3 Å². The van der Waals surface area contributed by atoms with Crippen LogP contribution in [0.3, 0.4) is 0 Å². The Hall–Kier alpha value is -1.63. The number of hydrogen-bond donors (Lipinski definition) is 2. The van der Waals surface area contributed by atoms with Crippen molar-refractivity contribution in [1.29, 1.82) is 0 Å². The Morgan fingerprint density at radius 3 is 2.70 bits per heavy atom. The van der Waals surface area contributed by atoms with E-state index >= 15 is 0 Å². The van der Waals surface area contributed by atoms with Crippen molar-refractivity contribution in [2.24, 2.45) is 5.41 Å². The molecular formula is C13H19N3O3S. The molecule has 1 atom stereocenters. The van der Waals surface area contributed by atoms with Crippen LogP contribution in [0.15, 0.2) is 0 Å². The summed E-state index contributed by atoms with van der Waals surface area (Å²) in [5.74, 6) is -0.851. The van der Waals surface area contributed by atoms with Crippen molar-refractivity contribution in [2.45, 2.75) is 33.6 Å². The summed E-state index contributed by atoms with van der Waals surface area (Å²) >= 11 is 1.43. The Morgan fingerprint density at radius 2 is 2.15 bits per heavy atom. The third-order valence-electron chi connectivity index (χ3n) is 3.74. The van der Waals surface area contributed by atoms with Gasteiger partial charge < -0.3 is 10.0 Å². The molecule has 0 spiro atoms. The van der Waals surface area contributed by atoms with Crippen molar-refractivity contribution in [3.8, 4) is 0 Å². The minimum Gasteiger partial charge on any atom is -0.481 e. The topological polar surface area (TPSA) is 82.5 Å². The second-order valence-electron chi connectivity index (χ2n) is 5.48. The highest BCUT2D eigenvalue weighted by Gasteiger charge is 2.39. The summed E-state index contributed by atoms with van der Waals surface area (Å²) in [6, 6.07) is -0.272. The number of likely N-dealkylation sites (tertiary alicyclic amines) is 1. The summed E-state index contributed by atoms with van der Waals surface area (Å²) in [4.78, 5) is 30.4. The number of aryl methyl sites for hydroxylation is 2. The van der Waals surface area contributed by atoms with Crippen LogP contribution < -0.4 is 5.32 Å². The first-order chi connectivity index (χ1) is 9.32. The summed E-state index contributed by atoms with van der Waals surface area (Å²) in [7, 11) is 0. The number of urea groups is 1. The number of carbonyl (C=O) groups excluding carboxylic acids is 1. The molecule has 2 amide bonds. The van der Waals surface area contributed by atoms with Crippen molar-refractivity contribution in [2.75, 3.05) is 18.4 Å². The van der Waals surface area contributed by atoms with Crippen molar-refractivity contribution in [3.05, 3.63) is 10.6 Å². The van der Waals surface area contributed by atoms with E-state index in [9.17, 15) is 14.7 Å². The summed E-state index contributed by atoms with van der Waals surface area (Å²) in [5, 5.41) is 12.6. The molecule has 7 heteroatoms. The molecule has 0 aliphatic carbocycles. The number of rotatable bonds is 2. The number of anilines is 1. The van der Waals surface area contributed by atoms with Gasteiger partial charge in [0.15, 0.2) is 5.13 Å². The smallest absolute Gasteiger partial charge is 0.323 e. The van der Waals surface area contributed by atoms with E-state index in [0.717, 1.165) is 10.6 Å². The minimum absolute atomic E-state index is 0.234. The quantitative estimate of drug-likeness (QED) is 0.878. The third kappa shape index (κ3) is 2.92. The lowest BCUT2D eigenvalue weighted by molar-refractivity contribution is -0.150. The Bertz CT molecular complexity index is 523. The molecule has 2 N–H and O–H groups in total. The number of carbonyl (C=O) groups is 2. The van der Waals surface area contributed by atoms with E-state index in [2.05, 4.69) is 10.3 Å². The SMILES string of the molecule is Cc1nc(NC(=O)N2CCCC(C)(C(=O)O)C2)sc1C. The van der Waals surface area contributed by atoms with E-state index < -0.39 is 11.4 Å². The number of hydrogen-bond acceptors (Lipinski definition) is 4. The fraction of sp³-hybridized carbons (Fsp3) is 0.615. The standard InChI is InChI=1S/C13H19N3O3S/c1-8-9(2)20-11(14-8)15-12(19)16-6-4-5-13(3,7-16)10(17)18/h4-7H2,1-3H3,(H,17,18)(H,14,15,19). The van der Waals surface area contributed by atoms with Gasteiger partial charge in [0.25, 0.3) is 0 Å². The monoisotopic (exact) mass is 297 g/mol. The molecule has 6 nitrogen and oxygen atoms in total. The molecule has 0 bridgehead atoms. The predicted octanol–water partition coefficient (Wildman–Crippen LogP) is 2.48. The van der Waals surface area contributed by atoms with Gasteiger partial charge in [0.2, 0.25) is 0 Å². The number of thiazole rings is 1. The summed E-state index contributed by atoms with van der Waals surface area (Å²) in [5.41, 5.74) is 0.0453. The number of carboxylic acids is 1. The van der Waals surface area contributed by atoms with Crippen LogP contribution in [-0.2, 0) is 4.79 Å². The van der Waals surface area contributed by atoms with Crippen molar-refractivity contribution in [1.82, 2.24) is 9.88 Å². The van der Waals surface area contributed by atoms with Gasteiger partial charge in [0.05, 0.1) is 11.1 Å². The average Bonchev–Trinajstić information content (AvgIpc) is 2.68. The Morgan fingerprint density at radius 1 is 1.45 bits per heavy atom. The molecule has 0 radical (unpaired) electrons. The largest absolute Gasteiger partial charge is 0.481 e. The van der Waals surface area contributed by atoms with Gasteiger partial charge in [-0.25, -0.2) is 9.78 Å². The van der Waals surface area contributed by atoms with E-state index in [4.69, 9.17) is 0 Å². The highest BCUT2D eigenvalue weighted by Crippen LogP contribution is 2.30. The first-order valence-electron chi connectivity index (χ1n) is 6.55. The van der Waals surface area contributed by atoms with Gasteiger partial charge in [0, 0.05) is 18.0 Å². The first kappa shape index (κ1) is 14.8. The molecule has 2 rings (SSSR count). The van der Waals surface area contributed by atoms with Gasteiger partial charge in [-0.2, -0.15) is 0 Å². The molecule has 1 fully saturated rings. The zero-order valence-electron chi connectivity index (χ0n) is 11.9. The lowest BCUT2D eigenvalue weighted by atomic mass is 9.82. The van der Waals surface area contributed by atoms with Crippen molar-refractivity contribution >= 4 is 28.5 Å². The summed E-state index contributed by atoms with van der Waals surface area (Å²) in [6.45, 7) is 6.34. The van der Waals surface area contributed by atoms with Gasteiger partial charge >= 0.3 is 12.0 Å². The van der Waals surface area contributed by atoms with Gasteiger partial charge in [-0.15, -0.1) is 11.3 Å². The van der Waals surface area contributed by atoms with E-state index in [0.29, 0.717) is 24.5 Å². The van der Waals surface area contributed by atoms with Gasteiger partial charge in [-0.3, -0.25) is 10.1 Å². The van der Waals surface area contributed by atoms with Gasteiger partial charge in [-0.05, 0) is 33.6 Å². The van der Waals surface area contributed by atoms with Crippen LogP contribution in [-0.4, -0.2) is 40.1 Å². The summed E-state index contributed by atoms with van der Waals surface area (Å²) in [6.07, 6.45) is 1.30. The maximum Gasteiger partial charge on any atom is 0.323 e. The van der Waals surface area contributed by atoms with E-state index in [1.165, 1.54) is 11.3 Å². The van der Waals surface area contributed by atoms with E-state index in [1.807, 2.05) is 13.8 Å². The van der Waals surface area contributed by atoms with Gasteiger partial charge in [-0.1, -0.05) is 0 Å². The molecule has 20 heavy (non-hydrogen) atoms. The molecule has 1 aliphatic heterocycles. The minimum atomic E-state index is -0.857. The number of aliphatic carboxylic acids is 1. The maximum atomic E-state index is 12.2. The Labute approximate surface area is 121 Å². The second-order valence-corrected chi connectivity index (χ2v) is 6.68. The lowest BCUT2D eigenvalue weighted by Crippen LogP contribution is -2.49. The van der Waals surface area contributed by atoms with Crippen LogP contribution in [0, 0.1) is 19.3 Å². The fourth-order valence-electron chi connectivity index (χ4n) is 2.28. The highest BCUT2D eigenvalue weighted by atomic mass is 32.1. The Balaban J connectivity index is 2.04. The molecule has 0 aromatic carbocycles.